The van der Waals surface area contributed by atoms with Crippen LogP contribution in [0.1, 0.15) is 6.42 Å². The van der Waals surface area contributed by atoms with E-state index in [9.17, 15) is 13.2 Å². The summed E-state index contributed by atoms with van der Waals surface area (Å²) in [6.45, 7) is 1.23. The standard InChI is InChI=1S/C17H19N5O3S/c18-26(24,25)14-8-6-13(7-9-14)21-17(23)19-10-3-11-22-12-20-15-4-1-2-5-16(15)22/h1-2,4-9,12H,3,10-11H2,(H2,18,24,25)(H2,19,21,23). The molecule has 0 atom stereocenters. The van der Waals surface area contributed by atoms with Crippen LogP contribution in [0.2, 0.25) is 0 Å². The number of hydrogen-bond acceptors (Lipinski definition) is 4. The molecule has 0 bridgehead atoms. The zero-order chi connectivity index (χ0) is 18.6. The van der Waals surface area contributed by atoms with Crippen LogP contribution in [-0.2, 0) is 16.6 Å². The summed E-state index contributed by atoms with van der Waals surface area (Å²) in [7, 11) is -3.74. The lowest BCUT2D eigenvalue weighted by molar-refractivity contribution is 0.252. The number of nitrogens with two attached hydrogens (primary N) is 1. The number of imidazole rings is 1. The van der Waals surface area contributed by atoms with Crippen LogP contribution in [0.3, 0.4) is 0 Å². The van der Waals surface area contributed by atoms with E-state index < -0.39 is 10.0 Å². The number of rotatable bonds is 6. The Morgan fingerprint density at radius 1 is 1.12 bits per heavy atom. The van der Waals surface area contributed by atoms with Crippen LogP contribution in [0.15, 0.2) is 59.8 Å². The second-order valence-electron chi connectivity index (χ2n) is 5.73. The van der Waals surface area contributed by atoms with E-state index in [2.05, 4.69) is 15.6 Å². The van der Waals surface area contributed by atoms with E-state index in [0.717, 1.165) is 24.0 Å². The molecule has 3 aromatic rings. The molecule has 3 rings (SSSR count). The van der Waals surface area contributed by atoms with Crippen LogP contribution in [0.25, 0.3) is 11.0 Å². The van der Waals surface area contributed by atoms with Gasteiger partial charge >= 0.3 is 6.03 Å². The summed E-state index contributed by atoms with van der Waals surface area (Å²) in [5.74, 6) is 0. The van der Waals surface area contributed by atoms with Crippen LogP contribution in [-0.4, -0.2) is 30.5 Å². The summed E-state index contributed by atoms with van der Waals surface area (Å²) in [5, 5.41) is 10.4. The quantitative estimate of drug-likeness (QED) is 0.572. The van der Waals surface area contributed by atoms with E-state index in [1.54, 1.807) is 6.33 Å². The molecule has 1 heterocycles. The van der Waals surface area contributed by atoms with E-state index in [0.29, 0.717) is 12.2 Å². The van der Waals surface area contributed by atoms with Crippen molar-refractivity contribution in [2.45, 2.75) is 17.9 Å². The number of urea groups is 1. The van der Waals surface area contributed by atoms with E-state index in [4.69, 9.17) is 5.14 Å². The Hall–Kier alpha value is -2.91. The smallest absolute Gasteiger partial charge is 0.319 e. The number of anilines is 1. The number of aromatic nitrogens is 2. The molecular formula is C17H19N5O3S. The molecule has 1 aromatic heterocycles. The molecule has 9 heteroatoms. The molecule has 2 aromatic carbocycles. The number of carbonyl (C=O) groups is 1. The van der Waals surface area contributed by atoms with Crippen molar-refractivity contribution in [3.05, 3.63) is 54.9 Å². The molecule has 2 amide bonds. The maximum Gasteiger partial charge on any atom is 0.319 e. The van der Waals surface area contributed by atoms with Gasteiger partial charge in [0.25, 0.3) is 0 Å². The molecule has 0 saturated heterocycles. The maximum absolute atomic E-state index is 11.9. The minimum absolute atomic E-state index is 0.00369. The highest BCUT2D eigenvalue weighted by molar-refractivity contribution is 7.89. The lowest BCUT2D eigenvalue weighted by Crippen LogP contribution is -2.30. The van der Waals surface area contributed by atoms with Crippen molar-refractivity contribution in [2.24, 2.45) is 5.14 Å². The van der Waals surface area contributed by atoms with Gasteiger partial charge in [0.15, 0.2) is 0 Å². The summed E-state index contributed by atoms with van der Waals surface area (Å²) < 4.78 is 24.4. The van der Waals surface area contributed by atoms with Crippen molar-refractivity contribution < 1.29 is 13.2 Å². The van der Waals surface area contributed by atoms with Gasteiger partial charge in [-0.05, 0) is 42.8 Å². The number of primary sulfonamides is 1. The van der Waals surface area contributed by atoms with Crippen molar-refractivity contribution >= 4 is 32.8 Å². The predicted octanol–water partition coefficient (Wildman–Crippen LogP) is 1.90. The lowest BCUT2D eigenvalue weighted by atomic mass is 10.3. The van der Waals surface area contributed by atoms with Crippen LogP contribution in [0, 0.1) is 0 Å². The van der Waals surface area contributed by atoms with Crippen LogP contribution in [0.4, 0.5) is 10.5 Å². The Bertz CT molecular complexity index is 1010. The molecule has 0 spiro atoms. The van der Waals surface area contributed by atoms with E-state index in [1.165, 1.54) is 24.3 Å². The van der Waals surface area contributed by atoms with Gasteiger partial charge in [-0.15, -0.1) is 0 Å². The minimum atomic E-state index is -3.74. The van der Waals surface area contributed by atoms with Crippen LogP contribution >= 0.6 is 0 Å². The number of benzene rings is 2. The first-order chi connectivity index (χ1) is 12.4. The Morgan fingerprint density at radius 3 is 2.58 bits per heavy atom. The monoisotopic (exact) mass is 373 g/mol. The molecule has 136 valence electrons. The Balaban J connectivity index is 1.46. The fourth-order valence-electron chi connectivity index (χ4n) is 2.54. The van der Waals surface area contributed by atoms with Gasteiger partial charge in [-0.3, -0.25) is 0 Å². The zero-order valence-corrected chi connectivity index (χ0v) is 14.7. The second kappa shape index (κ2) is 7.54. The van der Waals surface area contributed by atoms with Gasteiger partial charge in [0.2, 0.25) is 10.0 Å². The molecule has 0 saturated carbocycles. The third-order valence-electron chi connectivity index (χ3n) is 3.83. The summed E-state index contributed by atoms with van der Waals surface area (Å²) in [4.78, 5) is 16.2. The lowest BCUT2D eigenvalue weighted by Gasteiger charge is -2.09. The van der Waals surface area contributed by atoms with E-state index >= 15 is 0 Å². The number of hydrogen-bond donors (Lipinski definition) is 3. The van der Waals surface area contributed by atoms with E-state index in [1.807, 2.05) is 28.8 Å². The van der Waals surface area contributed by atoms with Crippen LogP contribution in [0.5, 0.6) is 0 Å². The van der Waals surface area contributed by atoms with Gasteiger partial charge in [-0.25, -0.2) is 23.3 Å². The van der Waals surface area contributed by atoms with Crippen molar-refractivity contribution in [3.8, 4) is 0 Å². The molecular weight excluding hydrogens is 354 g/mol. The zero-order valence-electron chi connectivity index (χ0n) is 13.9. The number of aryl methyl sites for hydroxylation is 1. The Kier molecular flexibility index (Phi) is 5.19. The molecule has 0 unspecified atom stereocenters. The Labute approximate surface area is 151 Å². The molecule has 26 heavy (non-hydrogen) atoms. The number of sulfonamides is 1. The number of para-hydroxylation sites is 2. The van der Waals surface area contributed by atoms with Gasteiger partial charge in [0.05, 0.1) is 22.3 Å². The molecule has 8 nitrogen and oxygen atoms in total. The van der Waals surface area contributed by atoms with Crippen molar-refractivity contribution in [3.63, 3.8) is 0 Å². The highest BCUT2D eigenvalue weighted by Crippen LogP contribution is 2.13. The van der Waals surface area contributed by atoms with Gasteiger partial charge in [0.1, 0.15) is 0 Å². The molecule has 4 N–H and O–H groups in total. The van der Waals surface area contributed by atoms with Crippen molar-refractivity contribution in [1.29, 1.82) is 0 Å². The van der Waals surface area contributed by atoms with Gasteiger partial charge < -0.3 is 15.2 Å². The summed E-state index contributed by atoms with van der Waals surface area (Å²) >= 11 is 0. The highest BCUT2D eigenvalue weighted by atomic mass is 32.2. The first kappa shape index (κ1) is 17.9. The fraction of sp³-hybridized carbons (Fsp3) is 0.176. The van der Waals surface area contributed by atoms with Gasteiger partial charge in [-0.2, -0.15) is 0 Å². The molecule has 0 fully saturated rings. The number of amides is 2. The Morgan fingerprint density at radius 2 is 1.85 bits per heavy atom. The van der Waals surface area contributed by atoms with Crippen LogP contribution < -0.4 is 15.8 Å². The largest absolute Gasteiger partial charge is 0.338 e. The topological polar surface area (TPSA) is 119 Å². The first-order valence-corrected chi connectivity index (χ1v) is 9.56. The third-order valence-corrected chi connectivity index (χ3v) is 4.76. The maximum atomic E-state index is 11.9. The highest BCUT2D eigenvalue weighted by Gasteiger charge is 2.08. The van der Waals surface area contributed by atoms with Gasteiger partial charge in [-0.1, -0.05) is 12.1 Å². The molecule has 0 aliphatic carbocycles. The normalized spacial score (nSPS) is 11.4. The molecule has 0 aliphatic heterocycles. The van der Waals surface area contributed by atoms with Crippen molar-refractivity contribution in [1.82, 2.24) is 14.9 Å². The van der Waals surface area contributed by atoms with Crippen molar-refractivity contribution in [2.75, 3.05) is 11.9 Å². The average Bonchev–Trinajstić information content (AvgIpc) is 3.02. The molecule has 0 aliphatic rings. The van der Waals surface area contributed by atoms with Gasteiger partial charge in [0, 0.05) is 18.8 Å². The molecule has 0 radical (unpaired) electrons. The number of fused-ring (bicyclic) bond motifs is 1. The summed E-state index contributed by atoms with van der Waals surface area (Å²) in [5.41, 5.74) is 2.49. The number of nitrogens with zero attached hydrogens (tertiary/aromatic N) is 2. The predicted molar refractivity (Wildman–Crippen MR) is 99.2 cm³/mol. The average molecular weight is 373 g/mol. The number of nitrogens with one attached hydrogen (secondary N) is 2. The minimum Gasteiger partial charge on any atom is -0.338 e. The summed E-state index contributed by atoms with van der Waals surface area (Å²) in [6, 6.07) is 13.2. The summed E-state index contributed by atoms with van der Waals surface area (Å²) in [6.07, 6.45) is 2.54. The third kappa shape index (κ3) is 4.38. The van der Waals surface area contributed by atoms with E-state index in [-0.39, 0.29) is 10.9 Å². The fourth-order valence-corrected chi connectivity index (χ4v) is 3.06. The SMILES string of the molecule is NS(=O)(=O)c1ccc(NC(=O)NCCCn2cnc3ccccc32)cc1. The second-order valence-corrected chi connectivity index (χ2v) is 7.29. The number of carbonyl (C=O) groups excluding carboxylic acids is 1. The first-order valence-electron chi connectivity index (χ1n) is 8.01.